The van der Waals surface area contributed by atoms with Gasteiger partial charge in [0, 0.05) is 11.3 Å². The summed E-state index contributed by atoms with van der Waals surface area (Å²) < 4.78 is 0. The number of aromatic nitrogens is 1. The fraction of sp³-hybridized carbons (Fsp3) is 0.333. The SMILES string of the molecule is Cc1nc(N)sc1CC=O. The molecule has 1 rings (SSSR count). The summed E-state index contributed by atoms with van der Waals surface area (Å²) in [5, 5.41) is 0.536. The van der Waals surface area contributed by atoms with Crippen LogP contribution in [-0.2, 0) is 11.2 Å². The molecule has 0 saturated carbocycles. The molecule has 1 heterocycles. The van der Waals surface area contributed by atoms with Crippen molar-refractivity contribution in [1.82, 2.24) is 4.98 Å². The summed E-state index contributed by atoms with van der Waals surface area (Å²) in [6.07, 6.45) is 1.29. The molecule has 0 unspecified atom stereocenters. The third kappa shape index (κ3) is 1.33. The average molecular weight is 156 g/mol. The van der Waals surface area contributed by atoms with Gasteiger partial charge in [0.15, 0.2) is 5.13 Å². The lowest BCUT2D eigenvalue weighted by atomic mass is 10.3. The highest BCUT2D eigenvalue weighted by atomic mass is 32.1. The monoisotopic (exact) mass is 156 g/mol. The summed E-state index contributed by atoms with van der Waals surface area (Å²) in [4.78, 5) is 15.0. The van der Waals surface area contributed by atoms with Gasteiger partial charge in [0.1, 0.15) is 6.29 Å². The van der Waals surface area contributed by atoms with Gasteiger partial charge < -0.3 is 10.5 Å². The molecular weight excluding hydrogens is 148 g/mol. The maximum atomic E-state index is 10.1. The van der Waals surface area contributed by atoms with E-state index in [2.05, 4.69) is 4.98 Å². The van der Waals surface area contributed by atoms with E-state index in [0.29, 0.717) is 11.6 Å². The summed E-state index contributed by atoms with van der Waals surface area (Å²) in [5.74, 6) is 0. The Labute approximate surface area is 62.9 Å². The molecule has 0 radical (unpaired) electrons. The van der Waals surface area contributed by atoms with Crippen LogP contribution in [0.4, 0.5) is 5.13 Å². The second-order valence-corrected chi connectivity index (χ2v) is 3.05. The number of hydrogen-bond donors (Lipinski definition) is 1. The lowest BCUT2D eigenvalue weighted by Crippen LogP contribution is -1.84. The van der Waals surface area contributed by atoms with Crippen molar-refractivity contribution in [2.45, 2.75) is 13.3 Å². The summed E-state index contributed by atoms with van der Waals surface area (Å²) in [6.45, 7) is 1.85. The molecular formula is C6H8N2OS. The van der Waals surface area contributed by atoms with Gasteiger partial charge in [0.2, 0.25) is 0 Å². The van der Waals surface area contributed by atoms with Crippen molar-refractivity contribution in [2.75, 3.05) is 5.73 Å². The molecule has 54 valence electrons. The lowest BCUT2D eigenvalue weighted by molar-refractivity contribution is -0.107. The van der Waals surface area contributed by atoms with E-state index in [1.165, 1.54) is 11.3 Å². The Morgan fingerprint density at radius 2 is 2.50 bits per heavy atom. The van der Waals surface area contributed by atoms with Gasteiger partial charge in [-0.3, -0.25) is 0 Å². The van der Waals surface area contributed by atoms with Crippen LogP contribution in [0.1, 0.15) is 10.6 Å². The number of aryl methyl sites for hydroxylation is 1. The molecule has 0 aliphatic carbocycles. The van der Waals surface area contributed by atoms with Gasteiger partial charge in [0.25, 0.3) is 0 Å². The van der Waals surface area contributed by atoms with Gasteiger partial charge in [0.05, 0.1) is 5.69 Å². The van der Waals surface area contributed by atoms with Crippen LogP contribution in [-0.4, -0.2) is 11.3 Å². The highest BCUT2D eigenvalue weighted by molar-refractivity contribution is 7.15. The molecule has 3 nitrogen and oxygen atoms in total. The number of carbonyl (C=O) groups excluding carboxylic acids is 1. The Morgan fingerprint density at radius 3 is 2.90 bits per heavy atom. The van der Waals surface area contributed by atoms with E-state index in [1.54, 1.807) is 0 Å². The smallest absolute Gasteiger partial charge is 0.180 e. The molecule has 0 aliphatic rings. The van der Waals surface area contributed by atoms with E-state index >= 15 is 0 Å². The third-order valence-corrected chi connectivity index (χ3v) is 2.19. The number of thiazole rings is 1. The van der Waals surface area contributed by atoms with Crippen LogP contribution >= 0.6 is 11.3 Å². The van der Waals surface area contributed by atoms with Gasteiger partial charge in [-0.05, 0) is 6.92 Å². The van der Waals surface area contributed by atoms with Crippen LogP contribution in [0.2, 0.25) is 0 Å². The molecule has 2 N–H and O–H groups in total. The summed E-state index contributed by atoms with van der Waals surface area (Å²) in [7, 11) is 0. The Balaban J connectivity index is 2.91. The standard InChI is InChI=1S/C6H8N2OS/c1-4-5(2-3-9)10-6(7)8-4/h3H,2H2,1H3,(H2,7,8). The normalized spacial score (nSPS) is 9.70. The molecule has 1 aromatic heterocycles. The second-order valence-electron chi connectivity index (χ2n) is 1.93. The Morgan fingerprint density at radius 1 is 1.80 bits per heavy atom. The maximum absolute atomic E-state index is 10.1. The van der Waals surface area contributed by atoms with E-state index < -0.39 is 0 Å². The lowest BCUT2D eigenvalue weighted by Gasteiger charge is -1.84. The van der Waals surface area contributed by atoms with Gasteiger partial charge in [-0.2, -0.15) is 0 Å². The summed E-state index contributed by atoms with van der Waals surface area (Å²) in [5.41, 5.74) is 6.27. The minimum absolute atomic E-state index is 0.431. The van der Waals surface area contributed by atoms with E-state index in [4.69, 9.17) is 5.73 Å². The van der Waals surface area contributed by atoms with Crippen LogP contribution in [0.5, 0.6) is 0 Å². The zero-order valence-electron chi connectivity index (χ0n) is 5.63. The molecule has 0 bridgehead atoms. The summed E-state index contributed by atoms with van der Waals surface area (Å²) >= 11 is 1.37. The Hall–Kier alpha value is -0.900. The van der Waals surface area contributed by atoms with Crippen LogP contribution in [0.15, 0.2) is 0 Å². The van der Waals surface area contributed by atoms with Crippen LogP contribution in [0.25, 0.3) is 0 Å². The molecule has 0 aromatic carbocycles. The van der Waals surface area contributed by atoms with Gasteiger partial charge in [-0.1, -0.05) is 0 Å². The molecule has 0 amide bonds. The highest BCUT2D eigenvalue weighted by Crippen LogP contribution is 2.18. The van der Waals surface area contributed by atoms with E-state index in [0.717, 1.165) is 16.9 Å². The van der Waals surface area contributed by atoms with Crippen molar-refractivity contribution in [3.63, 3.8) is 0 Å². The first kappa shape index (κ1) is 7.21. The topological polar surface area (TPSA) is 56.0 Å². The van der Waals surface area contributed by atoms with Gasteiger partial charge in [-0.15, -0.1) is 11.3 Å². The highest BCUT2D eigenvalue weighted by Gasteiger charge is 2.02. The zero-order chi connectivity index (χ0) is 7.56. The fourth-order valence-electron chi connectivity index (χ4n) is 0.716. The van der Waals surface area contributed by atoms with Crippen molar-refractivity contribution in [1.29, 1.82) is 0 Å². The molecule has 10 heavy (non-hydrogen) atoms. The Bertz CT molecular complexity index is 244. The Kier molecular flexibility index (Phi) is 2.01. The van der Waals surface area contributed by atoms with Gasteiger partial charge >= 0.3 is 0 Å². The fourth-order valence-corrected chi connectivity index (χ4v) is 1.50. The number of nitrogen functional groups attached to an aromatic ring is 1. The van der Waals surface area contributed by atoms with Crippen molar-refractivity contribution in [3.05, 3.63) is 10.6 Å². The molecule has 0 spiro atoms. The van der Waals surface area contributed by atoms with Crippen molar-refractivity contribution >= 4 is 22.8 Å². The van der Waals surface area contributed by atoms with E-state index in [9.17, 15) is 4.79 Å². The van der Waals surface area contributed by atoms with Crippen molar-refractivity contribution in [2.24, 2.45) is 0 Å². The number of nitrogens with zero attached hydrogens (tertiary/aromatic N) is 1. The predicted octanol–water partition coefficient (Wildman–Crippen LogP) is 0.775. The quantitative estimate of drug-likeness (QED) is 0.643. The zero-order valence-corrected chi connectivity index (χ0v) is 6.44. The first-order valence-corrected chi connectivity index (χ1v) is 3.71. The van der Waals surface area contributed by atoms with Crippen LogP contribution in [0, 0.1) is 6.92 Å². The third-order valence-electron chi connectivity index (χ3n) is 1.18. The van der Waals surface area contributed by atoms with Crippen LogP contribution in [0.3, 0.4) is 0 Å². The average Bonchev–Trinajstić information content (AvgIpc) is 2.13. The number of hydrogen-bond acceptors (Lipinski definition) is 4. The number of aldehydes is 1. The molecule has 1 aromatic rings. The van der Waals surface area contributed by atoms with Gasteiger partial charge in [-0.25, -0.2) is 4.98 Å². The molecule has 4 heteroatoms. The molecule has 0 aliphatic heterocycles. The number of carbonyl (C=O) groups is 1. The van der Waals surface area contributed by atoms with E-state index in [-0.39, 0.29) is 0 Å². The molecule has 0 atom stereocenters. The first-order chi connectivity index (χ1) is 4.74. The number of nitrogens with two attached hydrogens (primary N) is 1. The maximum Gasteiger partial charge on any atom is 0.180 e. The number of anilines is 1. The molecule has 0 fully saturated rings. The van der Waals surface area contributed by atoms with Crippen molar-refractivity contribution < 1.29 is 4.79 Å². The minimum atomic E-state index is 0.431. The summed E-state index contributed by atoms with van der Waals surface area (Å²) in [6, 6.07) is 0. The first-order valence-electron chi connectivity index (χ1n) is 2.89. The van der Waals surface area contributed by atoms with E-state index in [1.807, 2.05) is 6.92 Å². The largest absolute Gasteiger partial charge is 0.375 e. The van der Waals surface area contributed by atoms with Crippen LogP contribution < -0.4 is 5.73 Å². The molecule has 0 saturated heterocycles. The van der Waals surface area contributed by atoms with Crippen molar-refractivity contribution in [3.8, 4) is 0 Å². The minimum Gasteiger partial charge on any atom is -0.375 e. The second kappa shape index (κ2) is 2.79. The predicted molar refractivity (Wildman–Crippen MR) is 41.0 cm³/mol. The number of rotatable bonds is 2.